The minimum absolute atomic E-state index is 0.0679. The zero-order valence-corrected chi connectivity index (χ0v) is 20.2. The Hall–Kier alpha value is -2.94. The lowest BCUT2D eigenvalue weighted by Crippen LogP contribution is -2.45. The number of rotatable bonds is 6. The molecule has 1 N–H and O–H groups in total. The average molecular weight is 481 g/mol. The molecule has 3 unspecified atom stereocenters. The molecule has 3 heterocycles. The van der Waals surface area contributed by atoms with Crippen LogP contribution in [0.2, 0.25) is 0 Å². The Kier molecular flexibility index (Phi) is 6.77. The zero-order chi connectivity index (χ0) is 24.5. The molecule has 2 fully saturated rings. The van der Waals surface area contributed by atoms with Crippen molar-refractivity contribution >= 4 is 17.4 Å². The van der Waals surface area contributed by atoms with Gasteiger partial charge in [-0.1, -0.05) is 18.2 Å². The normalized spacial score (nSPS) is 28.2. The quantitative estimate of drug-likeness (QED) is 0.380. The molecule has 0 saturated carbocycles. The molecule has 186 valence electrons. The number of likely N-dealkylation sites (tertiary alicyclic amines) is 1. The summed E-state index contributed by atoms with van der Waals surface area (Å²) < 4.78 is 16.7. The summed E-state index contributed by atoms with van der Waals surface area (Å²) in [7, 11) is 1.64. The maximum absolute atomic E-state index is 13.3. The van der Waals surface area contributed by atoms with Gasteiger partial charge in [0.25, 0.3) is 11.7 Å². The number of fused-ring (bicyclic) bond motifs is 1. The van der Waals surface area contributed by atoms with Crippen LogP contribution in [0, 0.1) is 0 Å². The lowest BCUT2D eigenvalue weighted by molar-refractivity contribution is -0.139. The number of amides is 1. The number of allylic oxidation sites excluding steroid dienone is 2. The number of morpholine rings is 1. The van der Waals surface area contributed by atoms with E-state index >= 15 is 0 Å². The van der Waals surface area contributed by atoms with Crippen LogP contribution >= 0.6 is 0 Å². The minimum Gasteiger partial charge on any atom is -0.507 e. The van der Waals surface area contributed by atoms with Crippen LogP contribution in [0.3, 0.4) is 0 Å². The molecule has 0 aromatic heterocycles. The summed E-state index contributed by atoms with van der Waals surface area (Å²) in [5, 5.41) is 11.4. The summed E-state index contributed by atoms with van der Waals surface area (Å²) in [6.45, 7) is 5.93. The highest BCUT2D eigenvalue weighted by atomic mass is 16.5. The summed E-state index contributed by atoms with van der Waals surface area (Å²) in [6, 6.07) is 4.79. The van der Waals surface area contributed by atoms with E-state index in [0.717, 1.165) is 36.4 Å². The third-order valence-electron chi connectivity index (χ3n) is 7.20. The minimum atomic E-state index is -0.649. The molecular formula is C27H32N2O6. The third-order valence-corrected chi connectivity index (χ3v) is 7.20. The van der Waals surface area contributed by atoms with Gasteiger partial charge in [0.1, 0.15) is 17.6 Å². The fourth-order valence-electron chi connectivity index (χ4n) is 5.33. The van der Waals surface area contributed by atoms with Gasteiger partial charge in [0.2, 0.25) is 0 Å². The predicted octanol–water partition coefficient (Wildman–Crippen LogP) is 2.29. The Labute approximate surface area is 205 Å². The number of carbonyl (C=O) groups is 2. The first kappa shape index (κ1) is 23.8. The van der Waals surface area contributed by atoms with Gasteiger partial charge in [-0.2, -0.15) is 0 Å². The number of benzene rings is 1. The third kappa shape index (κ3) is 4.66. The van der Waals surface area contributed by atoms with Crippen LogP contribution in [0.4, 0.5) is 0 Å². The first-order valence-corrected chi connectivity index (χ1v) is 12.2. The van der Waals surface area contributed by atoms with Crippen molar-refractivity contribution in [3.63, 3.8) is 0 Å². The van der Waals surface area contributed by atoms with Crippen LogP contribution in [-0.4, -0.2) is 91.3 Å². The number of Topliss-reactive ketones (excluding diaryl/α,β-unsaturated/α-hetero) is 1. The largest absolute Gasteiger partial charge is 0.507 e. The molecule has 3 aliphatic heterocycles. The van der Waals surface area contributed by atoms with Crippen LogP contribution in [0.25, 0.3) is 5.76 Å². The number of nitrogens with zero attached hydrogens (tertiary/aromatic N) is 2. The second kappa shape index (κ2) is 9.97. The highest BCUT2D eigenvalue weighted by molar-refractivity contribution is 6.47. The van der Waals surface area contributed by atoms with Gasteiger partial charge in [-0.15, -0.1) is 0 Å². The molecule has 0 radical (unpaired) electrons. The molecule has 0 spiro atoms. The van der Waals surface area contributed by atoms with E-state index in [2.05, 4.69) is 4.90 Å². The molecule has 2 saturated heterocycles. The SMILES string of the molecule is COC1C=CC=C(C2/C(=C(\O)c3ccc4c(c3)CC(C)O4)C(=O)C(=O)N2CCN2CCOCC2)C1. The van der Waals surface area contributed by atoms with Crippen molar-refractivity contribution in [2.75, 3.05) is 46.5 Å². The molecule has 5 rings (SSSR count). The number of methoxy groups -OCH3 is 1. The second-order valence-corrected chi connectivity index (χ2v) is 9.51. The van der Waals surface area contributed by atoms with Crippen LogP contribution < -0.4 is 4.74 Å². The van der Waals surface area contributed by atoms with Crippen molar-refractivity contribution < 1.29 is 28.9 Å². The highest BCUT2D eigenvalue weighted by Gasteiger charge is 2.47. The summed E-state index contributed by atoms with van der Waals surface area (Å²) in [5.74, 6) is -0.579. The van der Waals surface area contributed by atoms with E-state index < -0.39 is 17.7 Å². The lowest BCUT2D eigenvalue weighted by atomic mass is 9.89. The van der Waals surface area contributed by atoms with E-state index in [-0.39, 0.29) is 23.5 Å². The van der Waals surface area contributed by atoms with Crippen molar-refractivity contribution in [2.45, 2.75) is 38.0 Å². The Morgan fingerprint density at radius 3 is 2.74 bits per heavy atom. The highest BCUT2D eigenvalue weighted by Crippen LogP contribution is 2.37. The number of aliphatic hydroxyl groups is 1. The fourth-order valence-corrected chi connectivity index (χ4v) is 5.33. The van der Waals surface area contributed by atoms with Crippen LogP contribution in [0.15, 0.2) is 47.6 Å². The Morgan fingerprint density at radius 2 is 1.97 bits per heavy atom. The monoisotopic (exact) mass is 480 g/mol. The summed E-state index contributed by atoms with van der Waals surface area (Å²) >= 11 is 0. The van der Waals surface area contributed by atoms with E-state index in [1.807, 2.05) is 37.3 Å². The van der Waals surface area contributed by atoms with Gasteiger partial charge in [0.05, 0.1) is 30.9 Å². The smallest absolute Gasteiger partial charge is 0.295 e. The van der Waals surface area contributed by atoms with Crippen molar-refractivity contribution in [3.05, 3.63) is 58.7 Å². The summed E-state index contributed by atoms with van der Waals surface area (Å²) in [5.41, 5.74) is 2.52. The number of aliphatic hydroxyl groups excluding tert-OH is 1. The molecule has 8 nitrogen and oxygen atoms in total. The first-order valence-electron chi connectivity index (χ1n) is 12.2. The molecule has 1 aromatic carbocycles. The number of ether oxygens (including phenoxy) is 3. The molecule has 3 atom stereocenters. The van der Waals surface area contributed by atoms with E-state index in [9.17, 15) is 14.7 Å². The molecule has 0 bridgehead atoms. The maximum atomic E-state index is 13.3. The number of ketones is 1. The second-order valence-electron chi connectivity index (χ2n) is 9.51. The molecule has 1 aliphatic carbocycles. The van der Waals surface area contributed by atoms with Gasteiger partial charge in [-0.25, -0.2) is 0 Å². The predicted molar refractivity (Wildman–Crippen MR) is 130 cm³/mol. The van der Waals surface area contributed by atoms with E-state index in [0.29, 0.717) is 38.3 Å². The lowest BCUT2D eigenvalue weighted by Gasteiger charge is -2.32. The summed E-state index contributed by atoms with van der Waals surface area (Å²) in [4.78, 5) is 30.4. The van der Waals surface area contributed by atoms with E-state index in [1.54, 1.807) is 18.1 Å². The van der Waals surface area contributed by atoms with Gasteiger partial charge >= 0.3 is 0 Å². The Balaban J connectivity index is 1.51. The molecule has 4 aliphatic rings. The first-order chi connectivity index (χ1) is 17.0. The molecular weight excluding hydrogens is 448 g/mol. The standard InChI is InChI=1S/C27H32N2O6/c1-17-14-20-15-19(6-7-22(20)35-17)25(30)23-24(18-4-3-5-21(16-18)33-2)29(27(32)26(23)31)9-8-28-10-12-34-13-11-28/h3-7,15,17,21,24,30H,8-14,16H2,1-2H3/b25-23+. The van der Waals surface area contributed by atoms with E-state index in [1.165, 1.54) is 0 Å². The van der Waals surface area contributed by atoms with Crippen molar-refractivity contribution in [3.8, 4) is 5.75 Å². The Bertz CT molecular complexity index is 1100. The van der Waals surface area contributed by atoms with Crippen molar-refractivity contribution in [1.82, 2.24) is 9.80 Å². The molecule has 8 heteroatoms. The molecule has 1 amide bonds. The van der Waals surface area contributed by atoms with Gasteiger partial charge in [0.15, 0.2) is 0 Å². The van der Waals surface area contributed by atoms with Crippen LogP contribution in [0.1, 0.15) is 24.5 Å². The van der Waals surface area contributed by atoms with Crippen LogP contribution in [0.5, 0.6) is 5.75 Å². The number of carbonyl (C=O) groups excluding carboxylic acids is 2. The van der Waals surface area contributed by atoms with Crippen molar-refractivity contribution in [1.29, 1.82) is 0 Å². The zero-order valence-electron chi connectivity index (χ0n) is 20.2. The summed E-state index contributed by atoms with van der Waals surface area (Å²) in [6.07, 6.45) is 6.97. The van der Waals surface area contributed by atoms with Crippen molar-refractivity contribution in [2.24, 2.45) is 0 Å². The number of hydrogen-bond acceptors (Lipinski definition) is 7. The Morgan fingerprint density at radius 1 is 1.17 bits per heavy atom. The van der Waals surface area contributed by atoms with Gasteiger partial charge < -0.3 is 24.2 Å². The molecule has 1 aromatic rings. The van der Waals surface area contributed by atoms with Gasteiger partial charge in [-0.3, -0.25) is 14.5 Å². The van der Waals surface area contributed by atoms with E-state index in [4.69, 9.17) is 14.2 Å². The maximum Gasteiger partial charge on any atom is 0.295 e. The fraction of sp³-hybridized carbons (Fsp3) is 0.481. The topological polar surface area (TPSA) is 88.5 Å². The van der Waals surface area contributed by atoms with Gasteiger partial charge in [-0.05, 0) is 36.3 Å². The van der Waals surface area contributed by atoms with Gasteiger partial charge in [0, 0.05) is 51.7 Å². The number of hydrogen-bond donors (Lipinski definition) is 1. The molecule has 35 heavy (non-hydrogen) atoms. The average Bonchev–Trinajstić information content (AvgIpc) is 3.38. The van der Waals surface area contributed by atoms with Crippen LogP contribution in [-0.2, 0) is 25.5 Å².